The van der Waals surface area contributed by atoms with Crippen molar-refractivity contribution in [3.8, 4) is 11.5 Å². The van der Waals surface area contributed by atoms with Crippen LogP contribution in [0.15, 0.2) is 36.4 Å². The van der Waals surface area contributed by atoms with Gasteiger partial charge in [0.05, 0.1) is 6.10 Å². The predicted octanol–water partition coefficient (Wildman–Crippen LogP) is 3.77. The van der Waals surface area contributed by atoms with Gasteiger partial charge in [-0.2, -0.15) is 0 Å². The average molecular weight is 201 g/mol. The molecule has 0 N–H and O–H groups in total. The predicted molar refractivity (Wildman–Crippen MR) is 59.8 cm³/mol. The standard InChI is InChI=1S/C13H13O2/c1-9(2)15-13-6-4-10-3-5-12(14)7-11(10)8-13/h3-9H,1-2H3. The minimum atomic E-state index is 0.0317. The summed E-state index contributed by atoms with van der Waals surface area (Å²) >= 11 is 0. The highest BCUT2D eigenvalue weighted by Gasteiger charge is 2.01. The molecule has 0 aromatic heterocycles. The number of benzene rings is 2. The molecule has 2 aromatic carbocycles. The van der Waals surface area contributed by atoms with Crippen LogP contribution >= 0.6 is 0 Å². The van der Waals surface area contributed by atoms with E-state index in [1.807, 2.05) is 38.1 Å². The van der Waals surface area contributed by atoms with Gasteiger partial charge in [-0.15, -0.1) is 0 Å². The van der Waals surface area contributed by atoms with Crippen molar-refractivity contribution in [1.82, 2.24) is 0 Å². The number of fused-ring (bicyclic) bond motifs is 1. The molecule has 2 heteroatoms. The molecule has 0 bridgehead atoms. The largest absolute Gasteiger partial charge is 0.491 e. The summed E-state index contributed by atoms with van der Waals surface area (Å²) in [6.45, 7) is 3.96. The van der Waals surface area contributed by atoms with Gasteiger partial charge in [-0.25, -0.2) is 0 Å². The molecule has 0 saturated carbocycles. The molecule has 0 aliphatic rings. The molecule has 2 rings (SSSR count). The number of rotatable bonds is 2. The van der Waals surface area contributed by atoms with Crippen LogP contribution in [0, 0.1) is 0 Å². The first kappa shape index (κ1) is 9.84. The zero-order valence-electron chi connectivity index (χ0n) is 8.86. The molecule has 0 heterocycles. The van der Waals surface area contributed by atoms with Crippen molar-refractivity contribution < 1.29 is 9.84 Å². The molecule has 2 nitrogen and oxygen atoms in total. The van der Waals surface area contributed by atoms with Crippen LogP contribution in [-0.2, 0) is 5.11 Å². The Morgan fingerprint density at radius 2 is 1.73 bits per heavy atom. The summed E-state index contributed by atoms with van der Waals surface area (Å²) in [5.41, 5.74) is 0. The van der Waals surface area contributed by atoms with Gasteiger partial charge >= 0.3 is 0 Å². The molecule has 0 unspecified atom stereocenters. The van der Waals surface area contributed by atoms with Gasteiger partial charge in [0, 0.05) is 0 Å². The number of ether oxygens (including phenoxy) is 1. The summed E-state index contributed by atoms with van der Waals surface area (Å²) in [7, 11) is 0. The highest BCUT2D eigenvalue weighted by atomic mass is 16.5. The Labute approximate surface area is 89.1 Å². The van der Waals surface area contributed by atoms with E-state index in [0.29, 0.717) is 0 Å². The summed E-state index contributed by atoms with van der Waals surface area (Å²) in [5, 5.41) is 13.2. The quantitative estimate of drug-likeness (QED) is 0.727. The van der Waals surface area contributed by atoms with E-state index in [1.54, 1.807) is 12.1 Å². The van der Waals surface area contributed by atoms with E-state index in [4.69, 9.17) is 4.74 Å². The maximum absolute atomic E-state index is 11.2. The Morgan fingerprint density at radius 1 is 1.00 bits per heavy atom. The highest BCUT2D eigenvalue weighted by molar-refractivity contribution is 5.85. The molecule has 0 aliphatic carbocycles. The lowest BCUT2D eigenvalue weighted by Crippen LogP contribution is -2.05. The van der Waals surface area contributed by atoms with E-state index in [-0.39, 0.29) is 11.9 Å². The first-order chi connectivity index (χ1) is 7.15. The van der Waals surface area contributed by atoms with Crippen LogP contribution in [0.25, 0.3) is 10.8 Å². The Hall–Kier alpha value is -1.70. The molecule has 1 radical (unpaired) electrons. The maximum atomic E-state index is 11.2. The van der Waals surface area contributed by atoms with E-state index < -0.39 is 0 Å². The molecular weight excluding hydrogens is 188 g/mol. The summed E-state index contributed by atoms with van der Waals surface area (Å²) in [6, 6.07) is 10.8. The lowest BCUT2D eigenvalue weighted by Gasteiger charge is -2.10. The van der Waals surface area contributed by atoms with E-state index in [1.165, 1.54) is 0 Å². The van der Waals surface area contributed by atoms with Crippen molar-refractivity contribution in [2.75, 3.05) is 0 Å². The fourth-order valence-electron chi connectivity index (χ4n) is 1.55. The topological polar surface area (TPSA) is 29.1 Å². The van der Waals surface area contributed by atoms with Crippen molar-refractivity contribution in [1.29, 1.82) is 0 Å². The van der Waals surface area contributed by atoms with Crippen LogP contribution in [-0.4, -0.2) is 6.10 Å². The van der Waals surface area contributed by atoms with Crippen LogP contribution in [0.4, 0.5) is 0 Å². The van der Waals surface area contributed by atoms with Gasteiger partial charge in [-0.1, -0.05) is 12.1 Å². The summed E-state index contributed by atoms with van der Waals surface area (Å²) in [6.07, 6.45) is 0.151. The molecule has 77 valence electrons. The van der Waals surface area contributed by atoms with Gasteiger partial charge < -0.3 is 4.74 Å². The lowest BCUT2D eigenvalue weighted by atomic mass is 10.1. The van der Waals surface area contributed by atoms with Gasteiger partial charge in [0.2, 0.25) is 0 Å². The summed E-state index contributed by atoms with van der Waals surface area (Å²) in [5.74, 6) is 0.840. The minimum absolute atomic E-state index is 0.0317. The second-order valence-electron chi connectivity index (χ2n) is 3.84. The summed E-state index contributed by atoms with van der Waals surface area (Å²) in [4.78, 5) is 0. The molecule has 0 amide bonds. The van der Waals surface area contributed by atoms with Gasteiger partial charge in [-0.05, 0) is 48.9 Å². The van der Waals surface area contributed by atoms with Crippen molar-refractivity contribution in [2.45, 2.75) is 20.0 Å². The third-order valence-electron chi connectivity index (χ3n) is 2.15. The van der Waals surface area contributed by atoms with Gasteiger partial charge in [0.15, 0.2) is 5.75 Å². The smallest absolute Gasteiger partial charge is 0.179 e. The van der Waals surface area contributed by atoms with Crippen molar-refractivity contribution in [3.63, 3.8) is 0 Å². The Kier molecular flexibility index (Phi) is 2.50. The van der Waals surface area contributed by atoms with Crippen molar-refractivity contribution in [2.24, 2.45) is 0 Å². The average Bonchev–Trinajstić information content (AvgIpc) is 2.16. The first-order valence-corrected chi connectivity index (χ1v) is 5.02. The van der Waals surface area contributed by atoms with E-state index in [2.05, 4.69) is 0 Å². The SMILES string of the molecule is CC(C)Oc1ccc2ccc([O])cc2c1. The van der Waals surface area contributed by atoms with Crippen molar-refractivity contribution >= 4 is 10.8 Å². The molecule has 0 atom stereocenters. The third-order valence-corrected chi connectivity index (χ3v) is 2.15. The zero-order valence-corrected chi connectivity index (χ0v) is 8.86. The second kappa shape index (κ2) is 3.81. The highest BCUT2D eigenvalue weighted by Crippen LogP contribution is 2.25. The Balaban J connectivity index is 2.45. The Morgan fingerprint density at radius 3 is 2.47 bits per heavy atom. The Bertz CT molecular complexity index is 475. The molecular formula is C13H13O2. The normalized spacial score (nSPS) is 10.9. The van der Waals surface area contributed by atoms with E-state index in [0.717, 1.165) is 16.5 Å². The van der Waals surface area contributed by atoms with Crippen LogP contribution in [0.1, 0.15) is 13.8 Å². The van der Waals surface area contributed by atoms with Crippen LogP contribution < -0.4 is 4.74 Å². The molecule has 0 fully saturated rings. The fraction of sp³-hybridized carbons (Fsp3) is 0.231. The lowest BCUT2D eigenvalue weighted by molar-refractivity contribution is 0.243. The van der Waals surface area contributed by atoms with Crippen LogP contribution in [0.2, 0.25) is 0 Å². The molecule has 0 saturated heterocycles. The second-order valence-corrected chi connectivity index (χ2v) is 3.84. The third kappa shape index (κ3) is 2.21. The zero-order chi connectivity index (χ0) is 10.8. The number of hydrogen-bond acceptors (Lipinski definition) is 1. The van der Waals surface area contributed by atoms with Crippen LogP contribution in [0.5, 0.6) is 11.5 Å². The fourth-order valence-corrected chi connectivity index (χ4v) is 1.55. The molecule has 0 aliphatic heterocycles. The molecule has 0 spiro atoms. The van der Waals surface area contributed by atoms with E-state index >= 15 is 0 Å². The van der Waals surface area contributed by atoms with Gasteiger partial charge in [0.1, 0.15) is 5.75 Å². The van der Waals surface area contributed by atoms with Crippen LogP contribution in [0.3, 0.4) is 0 Å². The van der Waals surface area contributed by atoms with Gasteiger partial charge in [-0.3, -0.25) is 5.11 Å². The summed E-state index contributed by atoms with van der Waals surface area (Å²) < 4.78 is 5.56. The van der Waals surface area contributed by atoms with Crippen molar-refractivity contribution in [3.05, 3.63) is 36.4 Å². The van der Waals surface area contributed by atoms with E-state index in [9.17, 15) is 5.11 Å². The maximum Gasteiger partial charge on any atom is 0.179 e. The number of hydrogen-bond donors (Lipinski definition) is 0. The first-order valence-electron chi connectivity index (χ1n) is 5.02. The monoisotopic (exact) mass is 201 g/mol. The molecule has 2 aromatic rings. The minimum Gasteiger partial charge on any atom is -0.491 e. The molecule has 15 heavy (non-hydrogen) atoms. The van der Waals surface area contributed by atoms with Gasteiger partial charge in [0.25, 0.3) is 0 Å².